The number of aromatic amines is 1. The minimum Gasteiger partial charge on any atom is -0.299 e. The van der Waals surface area contributed by atoms with Crippen LogP contribution in [-0.2, 0) is 12.0 Å². The molecule has 3 nitrogen and oxygen atoms in total. The Morgan fingerprint density at radius 2 is 1.83 bits per heavy atom. The van der Waals surface area contributed by atoms with Crippen LogP contribution in [0.3, 0.4) is 0 Å². The van der Waals surface area contributed by atoms with E-state index in [0.29, 0.717) is 0 Å². The van der Waals surface area contributed by atoms with Crippen LogP contribution in [0.1, 0.15) is 65.1 Å². The van der Waals surface area contributed by atoms with Gasteiger partial charge in [0.25, 0.3) is 0 Å². The quantitative estimate of drug-likeness (QED) is 0.643. The molecule has 0 unspecified atom stereocenters. The first-order valence-corrected chi connectivity index (χ1v) is 7.56. The third-order valence-electron chi connectivity index (χ3n) is 3.86. The molecule has 0 aliphatic heterocycles. The molecule has 2 rings (SSSR count). The highest BCUT2D eigenvalue weighted by molar-refractivity contribution is 7.71. The van der Waals surface area contributed by atoms with E-state index < -0.39 is 0 Å². The number of nitrogens with one attached hydrogen (secondary N) is 1. The molecular weight excluding hydrogens is 242 g/mol. The van der Waals surface area contributed by atoms with Gasteiger partial charge in [-0.05, 0) is 38.9 Å². The van der Waals surface area contributed by atoms with E-state index in [0.717, 1.165) is 22.9 Å². The van der Waals surface area contributed by atoms with Gasteiger partial charge in [0.15, 0.2) is 4.77 Å². The SMILES string of the molecule is CC(C)(C)n1c(CC2CCCCCC2)n[nH]c1=S. The van der Waals surface area contributed by atoms with Gasteiger partial charge in [-0.25, -0.2) is 0 Å². The van der Waals surface area contributed by atoms with E-state index in [1.807, 2.05) is 0 Å². The molecule has 1 N–H and O–H groups in total. The average molecular weight is 267 g/mol. The van der Waals surface area contributed by atoms with E-state index >= 15 is 0 Å². The van der Waals surface area contributed by atoms with Crippen molar-refractivity contribution >= 4 is 12.2 Å². The Balaban J connectivity index is 2.16. The molecule has 1 saturated carbocycles. The third kappa shape index (κ3) is 3.22. The summed E-state index contributed by atoms with van der Waals surface area (Å²) < 4.78 is 2.94. The van der Waals surface area contributed by atoms with Gasteiger partial charge >= 0.3 is 0 Å². The van der Waals surface area contributed by atoms with Crippen molar-refractivity contribution in [3.63, 3.8) is 0 Å². The molecule has 0 spiro atoms. The summed E-state index contributed by atoms with van der Waals surface area (Å²) in [4.78, 5) is 0. The fourth-order valence-electron chi connectivity index (χ4n) is 2.98. The van der Waals surface area contributed by atoms with Crippen molar-refractivity contribution in [2.75, 3.05) is 0 Å². The molecule has 0 bridgehead atoms. The van der Waals surface area contributed by atoms with Crippen molar-refractivity contribution in [3.8, 4) is 0 Å². The topological polar surface area (TPSA) is 33.6 Å². The minimum absolute atomic E-state index is 0.0180. The van der Waals surface area contributed by atoms with Crippen LogP contribution in [0, 0.1) is 10.7 Å². The van der Waals surface area contributed by atoms with Crippen LogP contribution in [0.5, 0.6) is 0 Å². The maximum atomic E-state index is 5.36. The Bertz CT molecular complexity index is 431. The molecule has 0 saturated heterocycles. The molecule has 1 aliphatic rings. The summed E-state index contributed by atoms with van der Waals surface area (Å²) in [6.45, 7) is 6.57. The summed E-state index contributed by atoms with van der Waals surface area (Å²) in [7, 11) is 0. The zero-order valence-corrected chi connectivity index (χ0v) is 12.6. The Labute approximate surface area is 115 Å². The smallest absolute Gasteiger partial charge is 0.195 e. The third-order valence-corrected chi connectivity index (χ3v) is 4.13. The second-order valence-electron chi connectivity index (χ2n) is 6.51. The lowest BCUT2D eigenvalue weighted by atomic mass is 9.96. The van der Waals surface area contributed by atoms with Gasteiger partial charge in [0.05, 0.1) is 0 Å². The molecule has 102 valence electrons. The van der Waals surface area contributed by atoms with Crippen LogP contribution in [0.2, 0.25) is 0 Å². The number of nitrogens with zero attached hydrogens (tertiary/aromatic N) is 2. The molecule has 18 heavy (non-hydrogen) atoms. The molecule has 4 heteroatoms. The number of hydrogen-bond acceptors (Lipinski definition) is 2. The summed E-state index contributed by atoms with van der Waals surface area (Å²) in [5.74, 6) is 1.93. The second kappa shape index (κ2) is 5.55. The maximum Gasteiger partial charge on any atom is 0.195 e. The molecule has 0 radical (unpaired) electrons. The first kappa shape index (κ1) is 13.8. The summed E-state index contributed by atoms with van der Waals surface area (Å²) in [5.41, 5.74) is 0.0180. The normalized spacial score (nSPS) is 18.8. The molecule has 1 fully saturated rings. The summed E-state index contributed by atoms with van der Waals surface area (Å²) in [6, 6.07) is 0. The first-order chi connectivity index (χ1) is 8.48. The largest absolute Gasteiger partial charge is 0.299 e. The van der Waals surface area contributed by atoms with Crippen LogP contribution >= 0.6 is 12.2 Å². The van der Waals surface area contributed by atoms with Crippen LogP contribution in [0.4, 0.5) is 0 Å². The van der Waals surface area contributed by atoms with Gasteiger partial charge in [0, 0.05) is 12.0 Å². The molecule has 0 amide bonds. The van der Waals surface area contributed by atoms with E-state index in [-0.39, 0.29) is 5.54 Å². The highest BCUT2D eigenvalue weighted by Gasteiger charge is 2.22. The van der Waals surface area contributed by atoms with Gasteiger partial charge in [-0.1, -0.05) is 38.5 Å². The van der Waals surface area contributed by atoms with Crippen molar-refractivity contribution in [1.82, 2.24) is 14.8 Å². The summed E-state index contributed by atoms with van der Waals surface area (Å²) in [6.07, 6.45) is 9.35. The fourth-order valence-corrected chi connectivity index (χ4v) is 3.41. The van der Waals surface area contributed by atoms with Crippen molar-refractivity contribution in [1.29, 1.82) is 0 Å². The lowest BCUT2D eigenvalue weighted by Gasteiger charge is -2.24. The Morgan fingerprint density at radius 3 is 2.39 bits per heavy atom. The first-order valence-electron chi connectivity index (χ1n) is 7.15. The van der Waals surface area contributed by atoms with E-state index in [1.54, 1.807) is 0 Å². The van der Waals surface area contributed by atoms with Gasteiger partial charge in [-0.15, -0.1) is 0 Å². The number of aromatic nitrogens is 3. The Hall–Kier alpha value is -0.640. The number of H-pyrrole nitrogens is 1. The van der Waals surface area contributed by atoms with Crippen LogP contribution in [0.15, 0.2) is 0 Å². The maximum absolute atomic E-state index is 5.36. The molecular formula is C14H25N3S. The molecule has 0 atom stereocenters. The monoisotopic (exact) mass is 267 g/mol. The van der Waals surface area contributed by atoms with Gasteiger partial charge in [-0.2, -0.15) is 5.10 Å². The number of rotatable bonds is 2. The standard InChI is InChI=1S/C14H25N3S/c1-14(2,3)17-12(15-16-13(17)18)10-11-8-6-4-5-7-9-11/h11H,4-10H2,1-3H3,(H,16,18). The van der Waals surface area contributed by atoms with E-state index in [9.17, 15) is 0 Å². The predicted octanol–water partition coefficient (Wildman–Crippen LogP) is 4.21. The fraction of sp³-hybridized carbons (Fsp3) is 0.857. The lowest BCUT2D eigenvalue weighted by Crippen LogP contribution is -2.25. The molecule has 1 aromatic rings. The van der Waals surface area contributed by atoms with Gasteiger partial charge in [-0.3, -0.25) is 9.67 Å². The molecule has 1 aromatic heterocycles. The highest BCUT2D eigenvalue weighted by atomic mass is 32.1. The minimum atomic E-state index is 0.0180. The van der Waals surface area contributed by atoms with E-state index in [2.05, 4.69) is 35.5 Å². The van der Waals surface area contributed by atoms with Crippen molar-refractivity contribution < 1.29 is 0 Å². The Kier molecular flexibility index (Phi) is 4.25. The lowest BCUT2D eigenvalue weighted by molar-refractivity contribution is 0.358. The molecule has 0 aromatic carbocycles. The van der Waals surface area contributed by atoms with Crippen molar-refractivity contribution in [3.05, 3.63) is 10.6 Å². The van der Waals surface area contributed by atoms with E-state index in [4.69, 9.17) is 12.2 Å². The van der Waals surface area contributed by atoms with Crippen molar-refractivity contribution in [2.24, 2.45) is 5.92 Å². The van der Waals surface area contributed by atoms with Crippen LogP contribution in [0.25, 0.3) is 0 Å². The van der Waals surface area contributed by atoms with Crippen LogP contribution in [-0.4, -0.2) is 14.8 Å². The van der Waals surface area contributed by atoms with Gasteiger partial charge < -0.3 is 0 Å². The molecule has 1 heterocycles. The zero-order chi connectivity index (χ0) is 13.2. The Morgan fingerprint density at radius 1 is 1.22 bits per heavy atom. The summed E-state index contributed by atoms with van der Waals surface area (Å²) in [5, 5.41) is 7.42. The average Bonchev–Trinajstić information content (AvgIpc) is 2.49. The van der Waals surface area contributed by atoms with Crippen molar-refractivity contribution in [2.45, 2.75) is 71.3 Å². The van der Waals surface area contributed by atoms with Gasteiger partial charge in [0.2, 0.25) is 0 Å². The van der Waals surface area contributed by atoms with Crippen LogP contribution < -0.4 is 0 Å². The number of hydrogen-bond donors (Lipinski definition) is 1. The molecule has 1 aliphatic carbocycles. The predicted molar refractivity (Wildman–Crippen MR) is 77.3 cm³/mol. The summed E-state index contributed by atoms with van der Waals surface area (Å²) >= 11 is 5.36. The highest BCUT2D eigenvalue weighted by Crippen LogP contribution is 2.27. The van der Waals surface area contributed by atoms with E-state index in [1.165, 1.54) is 38.5 Å². The second-order valence-corrected chi connectivity index (χ2v) is 6.90. The zero-order valence-electron chi connectivity index (χ0n) is 11.8. The van der Waals surface area contributed by atoms with Gasteiger partial charge in [0.1, 0.15) is 5.82 Å².